The molecule has 7 heteroatoms. The maximum absolute atomic E-state index is 12.8. The summed E-state index contributed by atoms with van der Waals surface area (Å²) in [4.78, 5) is 20.4. The molecule has 3 heterocycles. The first-order valence-electron chi connectivity index (χ1n) is 8.76. The van der Waals surface area contributed by atoms with Crippen molar-refractivity contribution in [2.75, 3.05) is 6.54 Å². The summed E-state index contributed by atoms with van der Waals surface area (Å²) in [6, 6.07) is 11.5. The van der Waals surface area contributed by atoms with Gasteiger partial charge in [0.05, 0.1) is 12.6 Å². The van der Waals surface area contributed by atoms with E-state index in [9.17, 15) is 4.79 Å². The molecule has 1 aliphatic rings. The number of tetrazole rings is 1. The van der Waals surface area contributed by atoms with Gasteiger partial charge in [-0.2, -0.15) is 4.80 Å². The van der Waals surface area contributed by atoms with Crippen LogP contribution in [0.2, 0.25) is 0 Å². The molecule has 0 spiro atoms. The van der Waals surface area contributed by atoms with Crippen molar-refractivity contribution in [3.63, 3.8) is 0 Å². The third-order valence-corrected chi connectivity index (χ3v) is 4.68. The Kier molecular flexibility index (Phi) is 4.43. The van der Waals surface area contributed by atoms with Crippen molar-refractivity contribution in [2.24, 2.45) is 0 Å². The van der Waals surface area contributed by atoms with E-state index in [-0.39, 0.29) is 11.9 Å². The van der Waals surface area contributed by atoms with E-state index in [1.807, 2.05) is 48.2 Å². The molecule has 0 saturated carbocycles. The second-order valence-corrected chi connectivity index (χ2v) is 6.57. The van der Waals surface area contributed by atoms with Crippen LogP contribution in [0.25, 0.3) is 11.4 Å². The Morgan fingerprint density at radius 1 is 1.23 bits per heavy atom. The molecule has 1 aliphatic heterocycles. The molecule has 1 fully saturated rings. The number of aromatic nitrogens is 5. The van der Waals surface area contributed by atoms with E-state index in [1.165, 1.54) is 0 Å². The predicted molar refractivity (Wildman–Crippen MR) is 96.3 cm³/mol. The Morgan fingerprint density at radius 3 is 2.85 bits per heavy atom. The van der Waals surface area contributed by atoms with Crippen LogP contribution in [0.3, 0.4) is 0 Å². The molecule has 0 bridgehead atoms. The van der Waals surface area contributed by atoms with Crippen LogP contribution < -0.4 is 0 Å². The molecular weight excluding hydrogens is 328 g/mol. The van der Waals surface area contributed by atoms with Gasteiger partial charge < -0.3 is 4.90 Å². The van der Waals surface area contributed by atoms with E-state index in [4.69, 9.17) is 0 Å². The molecule has 26 heavy (non-hydrogen) atoms. The Hall–Kier alpha value is -3.09. The van der Waals surface area contributed by atoms with Gasteiger partial charge in [-0.3, -0.25) is 9.78 Å². The molecule has 132 valence electrons. The highest BCUT2D eigenvalue weighted by Gasteiger charge is 2.30. The largest absolute Gasteiger partial charge is 0.334 e. The number of rotatable bonds is 4. The predicted octanol–water partition coefficient (Wildman–Crippen LogP) is 2.35. The highest BCUT2D eigenvalue weighted by Crippen LogP contribution is 2.22. The summed E-state index contributed by atoms with van der Waals surface area (Å²) in [6.07, 6.45) is 5.36. The zero-order chi connectivity index (χ0) is 17.9. The number of hydrogen-bond acceptors (Lipinski definition) is 5. The van der Waals surface area contributed by atoms with E-state index >= 15 is 0 Å². The fraction of sp³-hybridized carbons (Fsp3) is 0.316. The lowest BCUT2D eigenvalue weighted by Gasteiger charge is -2.24. The van der Waals surface area contributed by atoms with Crippen LogP contribution in [0.1, 0.15) is 28.8 Å². The van der Waals surface area contributed by atoms with Crippen molar-refractivity contribution in [1.29, 1.82) is 0 Å². The van der Waals surface area contributed by atoms with Crippen molar-refractivity contribution < 1.29 is 4.79 Å². The number of carbonyl (C=O) groups is 1. The van der Waals surface area contributed by atoms with Gasteiger partial charge in [-0.1, -0.05) is 17.7 Å². The zero-order valence-corrected chi connectivity index (χ0v) is 14.6. The van der Waals surface area contributed by atoms with E-state index < -0.39 is 0 Å². The van der Waals surface area contributed by atoms with E-state index in [0.717, 1.165) is 36.1 Å². The van der Waals surface area contributed by atoms with Crippen LogP contribution in [0, 0.1) is 6.92 Å². The fourth-order valence-electron chi connectivity index (χ4n) is 3.27. The van der Waals surface area contributed by atoms with Gasteiger partial charge in [-0.15, -0.1) is 10.2 Å². The highest BCUT2D eigenvalue weighted by atomic mass is 16.2. The van der Waals surface area contributed by atoms with Gasteiger partial charge in [0, 0.05) is 30.1 Å². The zero-order valence-electron chi connectivity index (χ0n) is 14.6. The minimum absolute atomic E-state index is 0.0695. The molecule has 0 unspecified atom stereocenters. The molecular formula is C19H20N6O. The van der Waals surface area contributed by atoms with Gasteiger partial charge in [-0.05, 0) is 49.2 Å². The lowest BCUT2D eigenvalue weighted by molar-refractivity contribution is 0.0718. The molecule has 1 atom stereocenters. The summed E-state index contributed by atoms with van der Waals surface area (Å²) in [5, 5.41) is 12.7. The van der Waals surface area contributed by atoms with Crippen LogP contribution in [-0.4, -0.2) is 48.6 Å². The van der Waals surface area contributed by atoms with Crippen molar-refractivity contribution in [3.8, 4) is 11.4 Å². The van der Waals surface area contributed by atoms with Crippen LogP contribution in [-0.2, 0) is 6.54 Å². The monoisotopic (exact) mass is 348 g/mol. The molecule has 1 amide bonds. The lowest BCUT2D eigenvalue weighted by Crippen LogP contribution is -2.38. The molecule has 1 saturated heterocycles. The Balaban J connectivity index is 1.48. The summed E-state index contributed by atoms with van der Waals surface area (Å²) >= 11 is 0. The molecule has 0 N–H and O–H groups in total. The fourth-order valence-corrected chi connectivity index (χ4v) is 3.27. The van der Waals surface area contributed by atoms with Crippen molar-refractivity contribution >= 4 is 5.91 Å². The molecule has 0 aliphatic carbocycles. The molecule has 2 aromatic heterocycles. The van der Waals surface area contributed by atoms with Gasteiger partial charge in [0.2, 0.25) is 5.82 Å². The Morgan fingerprint density at radius 2 is 2.08 bits per heavy atom. The summed E-state index contributed by atoms with van der Waals surface area (Å²) in [5.41, 5.74) is 2.71. The van der Waals surface area contributed by atoms with Gasteiger partial charge in [-0.25, -0.2) is 0 Å². The first-order valence-corrected chi connectivity index (χ1v) is 8.76. The first-order chi connectivity index (χ1) is 12.7. The van der Waals surface area contributed by atoms with Crippen molar-refractivity contribution in [2.45, 2.75) is 32.4 Å². The van der Waals surface area contributed by atoms with Gasteiger partial charge in [0.15, 0.2) is 0 Å². The maximum Gasteiger partial charge on any atom is 0.254 e. The van der Waals surface area contributed by atoms with Gasteiger partial charge in [0.1, 0.15) is 0 Å². The number of amides is 1. The third kappa shape index (κ3) is 3.33. The smallest absolute Gasteiger partial charge is 0.254 e. The van der Waals surface area contributed by atoms with Crippen LogP contribution >= 0.6 is 0 Å². The van der Waals surface area contributed by atoms with Crippen LogP contribution in [0.15, 0.2) is 48.8 Å². The topological polar surface area (TPSA) is 76.8 Å². The van der Waals surface area contributed by atoms with Crippen LogP contribution in [0.5, 0.6) is 0 Å². The quantitative estimate of drug-likeness (QED) is 0.723. The summed E-state index contributed by atoms with van der Waals surface area (Å²) < 4.78 is 0. The molecule has 7 nitrogen and oxygen atoms in total. The lowest BCUT2D eigenvalue weighted by atomic mass is 10.1. The Bertz CT molecular complexity index is 890. The van der Waals surface area contributed by atoms with E-state index in [1.54, 1.807) is 17.2 Å². The average Bonchev–Trinajstić information content (AvgIpc) is 3.33. The third-order valence-electron chi connectivity index (χ3n) is 4.68. The second kappa shape index (κ2) is 7.03. The maximum atomic E-state index is 12.8. The van der Waals surface area contributed by atoms with Crippen molar-refractivity contribution in [3.05, 3.63) is 59.9 Å². The standard InChI is InChI=1S/C19H20N6O/c1-14-6-8-15(9-7-14)19(26)24-11-3-5-17(24)13-25-22-18(21-23-25)16-4-2-10-20-12-16/h2,4,6-10,12,17H,3,5,11,13H2,1H3/t17-/m1/s1. The number of hydrogen-bond donors (Lipinski definition) is 0. The normalized spacial score (nSPS) is 16.8. The molecule has 0 radical (unpaired) electrons. The highest BCUT2D eigenvalue weighted by molar-refractivity contribution is 5.94. The van der Waals surface area contributed by atoms with Crippen molar-refractivity contribution in [1.82, 2.24) is 30.1 Å². The van der Waals surface area contributed by atoms with E-state index in [0.29, 0.717) is 12.4 Å². The minimum Gasteiger partial charge on any atom is -0.334 e. The molecule has 3 aromatic rings. The number of likely N-dealkylation sites (tertiary alicyclic amines) is 1. The number of carbonyl (C=O) groups excluding carboxylic acids is 1. The minimum atomic E-state index is 0.0695. The average molecular weight is 348 g/mol. The summed E-state index contributed by atoms with van der Waals surface area (Å²) in [6.45, 7) is 3.33. The summed E-state index contributed by atoms with van der Waals surface area (Å²) in [5.74, 6) is 0.618. The number of nitrogens with zero attached hydrogens (tertiary/aromatic N) is 6. The first kappa shape index (κ1) is 16.4. The SMILES string of the molecule is Cc1ccc(C(=O)N2CCC[C@@H]2Cn2nnc(-c3cccnc3)n2)cc1. The van der Waals surface area contributed by atoms with Crippen LogP contribution in [0.4, 0.5) is 0 Å². The van der Waals surface area contributed by atoms with Gasteiger partial charge >= 0.3 is 0 Å². The molecule has 4 rings (SSSR count). The van der Waals surface area contributed by atoms with E-state index in [2.05, 4.69) is 20.4 Å². The number of pyridine rings is 1. The van der Waals surface area contributed by atoms with Gasteiger partial charge in [0.25, 0.3) is 5.91 Å². The second-order valence-electron chi connectivity index (χ2n) is 6.57. The molecule has 1 aromatic carbocycles. The number of aryl methyl sites for hydroxylation is 1. The summed E-state index contributed by atoms with van der Waals surface area (Å²) in [7, 11) is 0. The Labute approximate surface area is 151 Å². The number of benzene rings is 1.